The maximum absolute atomic E-state index is 12.4. The molecule has 8 heteroatoms. The number of pyridine rings is 2. The molecule has 138 valence electrons. The zero-order chi connectivity index (χ0) is 19.4. The number of hydrogen-bond donors (Lipinski definition) is 1. The van der Waals surface area contributed by atoms with Crippen LogP contribution in [0.5, 0.6) is 0 Å². The molecule has 0 unspecified atom stereocenters. The number of non-ortho nitro benzene ring substituents is 1. The molecule has 0 spiro atoms. The molecule has 1 aliphatic rings. The minimum absolute atomic E-state index is 0.00464. The summed E-state index contributed by atoms with van der Waals surface area (Å²) in [5, 5.41) is 12.2. The molecule has 1 aliphatic heterocycles. The van der Waals surface area contributed by atoms with Crippen LogP contribution < -0.4 is 10.5 Å². The fourth-order valence-corrected chi connectivity index (χ4v) is 3.91. The van der Waals surface area contributed by atoms with E-state index in [-0.39, 0.29) is 11.2 Å². The van der Waals surface area contributed by atoms with Crippen molar-refractivity contribution in [2.24, 2.45) is 7.05 Å². The van der Waals surface area contributed by atoms with Crippen LogP contribution in [0.15, 0.2) is 59.8 Å². The van der Waals surface area contributed by atoms with Gasteiger partial charge >= 0.3 is 0 Å². The second kappa shape index (κ2) is 5.78. The van der Waals surface area contributed by atoms with E-state index in [1.807, 2.05) is 29.3 Å². The van der Waals surface area contributed by atoms with E-state index in [4.69, 9.17) is 0 Å². The number of rotatable bonds is 2. The summed E-state index contributed by atoms with van der Waals surface area (Å²) in [5.74, 6) is 0.728. The molecule has 3 aromatic heterocycles. The Bertz CT molecular complexity index is 1310. The lowest BCUT2D eigenvalue weighted by Crippen LogP contribution is -2.19. The molecule has 1 aromatic carbocycles. The maximum Gasteiger partial charge on any atom is 0.272 e. The number of nitro benzene ring substituents is 1. The number of nitrogens with zero attached hydrogens (tertiary/aromatic N) is 4. The zero-order valence-electron chi connectivity index (χ0n) is 14.9. The summed E-state index contributed by atoms with van der Waals surface area (Å²) in [4.78, 5) is 32.7. The molecule has 8 nitrogen and oxygen atoms in total. The summed E-state index contributed by atoms with van der Waals surface area (Å²) in [6.07, 6.45) is 5.28. The SMILES string of the molecule is Cn1cc2c3c(c[nH]c(=O)c31)CN(c1ccccn1)c1ccc([N+](=O)[O-])cc1-2. The number of aryl methyl sites for hydroxylation is 1. The van der Waals surface area contributed by atoms with Crippen LogP contribution in [0, 0.1) is 10.1 Å². The van der Waals surface area contributed by atoms with Crippen LogP contribution in [0.25, 0.3) is 22.0 Å². The van der Waals surface area contributed by atoms with Gasteiger partial charge in [-0.2, -0.15) is 0 Å². The molecular weight excluding hydrogens is 358 g/mol. The first-order valence-electron chi connectivity index (χ1n) is 8.71. The number of aromatic amines is 1. The lowest BCUT2D eigenvalue weighted by atomic mass is 10.0. The third kappa shape index (κ3) is 2.24. The summed E-state index contributed by atoms with van der Waals surface area (Å²) in [5.41, 5.74) is 3.60. The number of anilines is 2. The predicted octanol–water partition coefficient (Wildman–Crippen LogP) is 3.49. The van der Waals surface area contributed by atoms with Gasteiger partial charge in [0.05, 0.1) is 17.2 Å². The van der Waals surface area contributed by atoms with Crippen molar-refractivity contribution in [2.45, 2.75) is 6.54 Å². The van der Waals surface area contributed by atoms with Crippen molar-refractivity contribution in [1.29, 1.82) is 0 Å². The molecule has 0 bridgehead atoms. The molecule has 0 saturated carbocycles. The van der Waals surface area contributed by atoms with Crippen molar-refractivity contribution in [3.8, 4) is 11.1 Å². The minimum atomic E-state index is -0.408. The van der Waals surface area contributed by atoms with Gasteiger partial charge in [0.25, 0.3) is 11.2 Å². The number of benzene rings is 1. The van der Waals surface area contributed by atoms with Gasteiger partial charge < -0.3 is 14.5 Å². The predicted molar refractivity (Wildman–Crippen MR) is 106 cm³/mol. The molecule has 0 saturated heterocycles. The van der Waals surface area contributed by atoms with Gasteiger partial charge in [-0.05, 0) is 23.8 Å². The molecular formula is C20H15N5O3. The van der Waals surface area contributed by atoms with Crippen LogP contribution in [0.2, 0.25) is 0 Å². The number of nitrogens with one attached hydrogen (secondary N) is 1. The Balaban J connectivity index is 1.89. The first-order valence-corrected chi connectivity index (χ1v) is 8.71. The van der Waals surface area contributed by atoms with E-state index in [2.05, 4.69) is 9.97 Å². The van der Waals surface area contributed by atoms with Gasteiger partial charge in [0, 0.05) is 54.3 Å². The first-order chi connectivity index (χ1) is 13.5. The number of hydrogen-bond acceptors (Lipinski definition) is 5. The largest absolute Gasteiger partial charge is 0.345 e. The lowest BCUT2D eigenvalue weighted by Gasteiger charge is -2.24. The smallest absolute Gasteiger partial charge is 0.272 e. The minimum Gasteiger partial charge on any atom is -0.345 e. The van der Waals surface area contributed by atoms with E-state index in [9.17, 15) is 14.9 Å². The van der Waals surface area contributed by atoms with Crippen molar-refractivity contribution >= 4 is 28.1 Å². The number of H-pyrrole nitrogens is 1. The Labute approximate surface area is 158 Å². The van der Waals surface area contributed by atoms with Gasteiger partial charge in [-0.3, -0.25) is 14.9 Å². The molecule has 1 N–H and O–H groups in total. The third-order valence-corrected chi connectivity index (χ3v) is 5.12. The summed E-state index contributed by atoms with van der Waals surface area (Å²) in [7, 11) is 1.81. The van der Waals surface area contributed by atoms with E-state index in [0.29, 0.717) is 17.6 Å². The van der Waals surface area contributed by atoms with Gasteiger partial charge in [-0.1, -0.05) is 6.07 Å². The number of nitro groups is 1. The summed E-state index contributed by atoms with van der Waals surface area (Å²) >= 11 is 0. The quantitative estimate of drug-likeness (QED) is 0.428. The average molecular weight is 373 g/mol. The van der Waals surface area contributed by atoms with Crippen LogP contribution in [-0.4, -0.2) is 19.5 Å². The summed E-state index contributed by atoms with van der Waals surface area (Å²) in [6, 6.07) is 10.4. The molecule has 0 amide bonds. The monoisotopic (exact) mass is 373 g/mol. The average Bonchev–Trinajstić information content (AvgIpc) is 2.99. The van der Waals surface area contributed by atoms with Crippen molar-refractivity contribution < 1.29 is 4.92 Å². The van der Waals surface area contributed by atoms with Crippen LogP contribution in [0.1, 0.15) is 5.56 Å². The highest BCUT2D eigenvalue weighted by molar-refractivity contribution is 6.03. The number of fused-ring (bicyclic) bond motifs is 2. The van der Waals surface area contributed by atoms with Crippen LogP contribution in [0.3, 0.4) is 0 Å². The van der Waals surface area contributed by atoms with Crippen LogP contribution in [-0.2, 0) is 13.6 Å². The maximum atomic E-state index is 12.4. The number of aromatic nitrogens is 3. The Hall–Kier alpha value is -3.94. The molecule has 4 aromatic rings. The highest BCUT2D eigenvalue weighted by Gasteiger charge is 2.27. The van der Waals surface area contributed by atoms with Crippen LogP contribution in [0.4, 0.5) is 17.2 Å². The lowest BCUT2D eigenvalue weighted by molar-refractivity contribution is -0.384. The molecule has 28 heavy (non-hydrogen) atoms. The van der Waals surface area contributed by atoms with E-state index in [1.165, 1.54) is 6.07 Å². The normalized spacial score (nSPS) is 12.7. The fourth-order valence-electron chi connectivity index (χ4n) is 3.91. The summed E-state index contributed by atoms with van der Waals surface area (Å²) < 4.78 is 1.77. The molecule has 5 rings (SSSR count). The van der Waals surface area contributed by atoms with E-state index < -0.39 is 4.92 Å². The van der Waals surface area contributed by atoms with Crippen molar-refractivity contribution in [3.63, 3.8) is 0 Å². The highest BCUT2D eigenvalue weighted by Crippen LogP contribution is 2.44. The molecule has 0 radical (unpaired) electrons. The Morgan fingerprint density at radius 2 is 2.07 bits per heavy atom. The standard InChI is InChI=1S/C20H15N5O3/c1-23-11-15-14-8-13(25(27)28)5-6-16(14)24(17-4-2-3-7-21-17)10-12-9-22-20(26)19(23)18(12)15/h2-9,11H,10H2,1H3,(H,22,26). The molecule has 4 heterocycles. The molecule has 0 atom stereocenters. The fraction of sp³-hybridized carbons (Fsp3) is 0.100. The van der Waals surface area contributed by atoms with Gasteiger partial charge in [0.15, 0.2) is 0 Å². The van der Waals surface area contributed by atoms with Crippen molar-refractivity contribution in [1.82, 2.24) is 14.5 Å². The Morgan fingerprint density at radius 3 is 2.82 bits per heavy atom. The Kier molecular flexibility index (Phi) is 3.35. The van der Waals surface area contributed by atoms with Crippen LogP contribution >= 0.6 is 0 Å². The van der Waals surface area contributed by atoms with Gasteiger partial charge in [0.2, 0.25) is 0 Å². The Morgan fingerprint density at radius 1 is 1.21 bits per heavy atom. The van der Waals surface area contributed by atoms with E-state index in [1.54, 1.807) is 36.1 Å². The first kappa shape index (κ1) is 16.2. The van der Waals surface area contributed by atoms with Crippen molar-refractivity contribution in [3.05, 3.63) is 81.0 Å². The zero-order valence-corrected chi connectivity index (χ0v) is 14.9. The molecule has 0 fully saturated rings. The third-order valence-electron chi connectivity index (χ3n) is 5.12. The highest BCUT2D eigenvalue weighted by atomic mass is 16.6. The second-order valence-electron chi connectivity index (χ2n) is 6.75. The molecule has 0 aliphatic carbocycles. The second-order valence-corrected chi connectivity index (χ2v) is 6.75. The summed E-state index contributed by atoms with van der Waals surface area (Å²) in [6.45, 7) is 0.478. The van der Waals surface area contributed by atoms with E-state index >= 15 is 0 Å². The van der Waals surface area contributed by atoms with Gasteiger partial charge in [-0.25, -0.2) is 4.98 Å². The van der Waals surface area contributed by atoms with Gasteiger partial charge in [-0.15, -0.1) is 0 Å². The van der Waals surface area contributed by atoms with Gasteiger partial charge in [0.1, 0.15) is 11.3 Å². The van der Waals surface area contributed by atoms with E-state index in [0.717, 1.165) is 28.0 Å². The topological polar surface area (TPSA) is 97.1 Å². The van der Waals surface area contributed by atoms with Crippen molar-refractivity contribution in [2.75, 3.05) is 4.90 Å².